The Morgan fingerprint density at radius 1 is 1.53 bits per heavy atom. The van der Waals surface area contributed by atoms with Crippen molar-refractivity contribution < 1.29 is 0 Å². The highest BCUT2D eigenvalue weighted by Crippen LogP contribution is 2.20. The molecule has 2 rings (SSSR count). The number of piperidine rings is 1. The van der Waals surface area contributed by atoms with Gasteiger partial charge in [0, 0.05) is 25.3 Å². The van der Waals surface area contributed by atoms with Gasteiger partial charge < -0.3 is 10.6 Å². The molecule has 0 amide bonds. The van der Waals surface area contributed by atoms with E-state index in [1.807, 2.05) is 18.2 Å². The van der Waals surface area contributed by atoms with Gasteiger partial charge in [0.2, 0.25) is 0 Å². The van der Waals surface area contributed by atoms with Crippen molar-refractivity contribution in [3.8, 4) is 6.07 Å². The summed E-state index contributed by atoms with van der Waals surface area (Å²) < 4.78 is 0. The molecule has 2 heterocycles. The quantitative estimate of drug-likeness (QED) is 0.730. The number of aromatic nitrogens is 1. The van der Waals surface area contributed by atoms with Gasteiger partial charge >= 0.3 is 0 Å². The van der Waals surface area contributed by atoms with Crippen LogP contribution >= 0.6 is 0 Å². The van der Waals surface area contributed by atoms with Gasteiger partial charge in [-0.2, -0.15) is 5.26 Å². The van der Waals surface area contributed by atoms with Crippen molar-refractivity contribution >= 4 is 5.82 Å². The first-order valence-electron chi connectivity index (χ1n) is 5.12. The molecule has 4 nitrogen and oxygen atoms in total. The van der Waals surface area contributed by atoms with Crippen LogP contribution in [0.15, 0.2) is 24.4 Å². The van der Waals surface area contributed by atoms with E-state index in [0.717, 1.165) is 25.3 Å². The third-order valence-corrected chi connectivity index (χ3v) is 2.80. The van der Waals surface area contributed by atoms with Gasteiger partial charge in [0.05, 0.1) is 12.0 Å². The summed E-state index contributed by atoms with van der Waals surface area (Å²) in [6, 6.07) is 8.02. The Morgan fingerprint density at radius 3 is 3.00 bits per heavy atom. The van der Waals surface area contributed by atoms with Crippen LogP contribution in [0.5, 0.6) is 0 Å². The normalized spacial score (nSPS) is 26.0. The molecule has 0 saturated carbocycles. The lowest BCUT2D eigenvalue weighted by atomic mass is 9.94. The predicted molar refractivity (Wildman–Crippen MR) is 58.1 cm³/mol. The summed E-state index contributed by atoms with van der Waals surface area (Å²) in [4.78, 5) is 6.41. The van der Waals surface area contributed by atoms with Gasteiger partial charge in [-0.3, -0.25) is 0 Å². The Balaban J connectivity index is 2.07. The minimum absolute atomic E-state index is 0.00929. The van der Waals surface area contributed by atoms with Gasteiger partial charge in [-0.1, -0.05) is 6.07 Å². The zero-order chi connectivity index (χ0) is 10.7. The topological polar surface area (TPSA) is 65.9 Å². The number of nitrogens with zero attached hydrogens (tertiary/aromatic N) is 3. The molecule has 1 saturated heterocycles. The average molecular weight is 202 g/mol. The lowest BCUT2D eigenvalue weighted by Gasteiger charge is -2.34. The number of rotatable bonds is 1. The van der Waals surface area contributed by atoms with Crippen molar-refractivity contribution in [2.75, 3.05) is 18.0 Å². The van der Waals surface area contributed by atoms with Crippen molar-refractivity contribution in [2.24, 2.45) is 11.7 Å². The summed E-state index contributed by atoms with van der Waals surface area (Å²) in [5.41, 5.74) is 5.93. The summed E-state index contributed by atoms with van der Waals surface area (Å²) in [6.45, 7) is 1.58. The van der Waals surface area contributed by atoms with E-state index in [1.165, 1.54) is 0 Å². The van der Waals surface area contributed by atoms with E-state index < -0.39 is 0 Å². The van der Waals surface area contributed by atoms with Gasteiger partial charge in [0.1, 0.15) is 5.82 Å². The minimum atomic E-state index is -0.0641. The van der Waals surface area contributed by atoms with E-state index >= 15 is 0 Å². The molecule has 78 valence electrons. The van der Waals surface area contributed by atoms with Crippen molar-refractivity contribution in [1.29, 1.82) is 5.26 Å². The zero-order valence-electron chi connectivity index (χ0n) is 8.50. The second-order valence-electron chi connectivity index (χ2n) is 3.82. The van der Waals surface area contributed by atoms with Gasteiger partial charge in [-0.15, -0.1) is 0 Å². The summed E-state index contributed by atoms with van der Waals surface area (Å²) in [7, 11) is 0. The Kier molecular flexibility index (Phi) is 2.84. The molecule has 15 heavy (non-hydrogen) atoms. The van der Waals surface area contributed by atoms with Crippen LogP contribution in [-0.2, 0) is 0 Å². The molecule has 0 spiro atoms. The molecule has 2 atom stereocenters. The van der Waals surface area contributed by atoms with Crippen LogP contribution in [0.25, 0.3) is 0 Å². The maximum Gasteiger partial charge on any atom is 0.128 e. The molecule has 2 unspecified atom stereocenters. The van der Waals surface area contributed by atoms with Gasteiger partial charge in [-0.05, 0) is 18.6 Å². The lowest BCUT2D eigenvalue weighted by molar-refractivity contribution is 0.421. The highest BCUT2D eigenvalue weighted by molar-refractivity contribution is 5.38. The van der Waals surface area contributed by atoms with Crippen LogP contribution in [0.3, 0.4) is 0 Å². The Hall–Kier alpha value is -1.60. The fraction of sp³-hybridized carbons (Fsp3) is 0.455. The molecule has 0 bridgehead atoms. The number of hydrogen-bond donors (Lipinski definition) is 1. The molecule has 0 radical (unpaired) electrons. The fourth-order valence-electron chi connectivity index (χ4n) is 1.89. The number of hydrogen-bond acceptors (Lipinski definition) is 4. The molecule has 0 aromatic carbocycles. The molecule has 1 aliphatic heterocycles. The van der Waals surface area contributed by atoms with Crippen LogP contribution in [0, 0.1) is 17.2 Å². The summed E-state index contributed by atoms with van der Waals surface area (Å²) in [5, 5.41) is 8.85. The van der Waals surface area contributed by atoms with Gasteiger partial charge in [-0.25, -0.2) is 4.98 Å². The fourth-order valence-corrected chi connectivity index (χ4v) is 1.89. The first-order valence-corrected chi connectivity index (χ1v) is 5.12. The summed E-state index contributed by atoms with van der Waals surface area (Å²) in [5.74, 6) is 0.939. The second kappa shape index (κ2) is 4.28. The molecule has 0 aliphatic carbocycles. The van der Waals surface area contributed by atoms with E-state index in [-0.39, 0.29) is 12.0 Å². The third kappa shape index (κ3) is 2.08. The van der Waals surface area contributed by atoms with Gasteiger partial charge in [0.25, 0.3) is 0 Å². The van der Waals surface area contributed by atoms with Crippen molar-refractivity contribution in [3.05, 3.63) is 24.4 Å². The van der Waals surface area contributed by atoms with E-state index in [0.29, 0.717) is 0 Å². The van der Waals surface area contributed by atoms with Crippen LogP contribution in [0.2, 0.25) is 0 Å². The van der Waals surface area contributed by atoms with E-state index in [4.69, 9.17) is 11.0 Å². The average Bonchev–Trinajstić information content (AvgIpc) is 2.30. The molecular formula is C11H14N4. The molecule has 1 fully saturated rings. The van der Waals surface area contributed by atoms with Crippen LogP contribution in [0.1, 0.15) is 6.42 Å². The van der Waals surface area contributed by atoms with Crippen LogP contribution in [0.4, 0.5) is 5.82 Å². The molecule has 1 aromatic rings. The summed E-state index contributed by atoms with van der Waals surface area (Å²) >= 11 is 0. The first-order chi connectivity index (χ1) is 7.31. The third-order valence-electron chi connectivity index (χ3n) is 2.80. The molecule has 1 aliphatic rings. The highest BCUT2D eigenvalue weighted by atomic mass is 15.2. The molecule has 2 N–H and O–H groups in total. The van der Waals surface area contributed by atoms with E-state index in [2.05, 4.69) is 16.0 Å². The van der Waals surface area contributed by atoms with Crippen molar-refractivity contribution in [1.82, 2.24) is 4.98 Å². The Labute approximate surface area is 89.3 Å². The number of anilines is 1. The predicted octanol–water partition coefficient (Wildman–Crippen LogP) is 0.759. The largest absolute Gasteiger partial charge is 0.355 e. The first kappa shape index (κ1) is 9.94. The SMILES string of the molecule is N#CC1CCN(c2ccccn2)CC1N. The monoisotopic (exact) mass is 202 g/mol. The molecule has 1 aromatic heterocycles. The zero-order valence-corrected chi connectivity index (χ0v) is 8.50. The summed E-state index contributed by atoms with van der Waals surface area (Å²) in [6.07, 6.45) is 2.60. The Morgan fingerprint density at radius 2 is 2.40 bits per heavy atom. The standard InChI is InChI=1S/C11H14N4/c12-7-9-4-6-15(8-10(9)13)11-3-1-2-5-14-11/h1-3,5,9-10H,4,6,8,13H2. The van der Waals surface area contributed by atoms with Crippen molar-refractivity contribution in [3.63, 3.8) is 0 Å². The number of nitrogens with two attached hydrogens (primary N) is 1. The highest BCUT2D eigenvalue weighted by Gasteiger charge is 2.26. The number of nitriles is 1. The van der Waals surface area contributed by atoms with Crippen LogP contribution < -0.4 is 10.6 Å². The maximum absolute atomic E-state index is 8.85. The van der Waals surface area contributed by atoms with Crippen LogP contribution in [-0.4, -0.2) is 24.1 Å². The van der Waals surface area contributed by atoms with Gasteiger partial charge in [0.15, 0.2) is 0 Å². The lowest BCUT2D eigenvalue weighted by Crippen LogP contribution is -2.48. The van der Waals surface area contributed by atoms with E-state index in [1.54, 1.807) is 6.20 Å². The van der Waals surface area contributed by atoms with Crippen molar-refractivity contribution in [2.45, 2.75) is 12.5 Å². The molecular weight excluding hydrogens is 188 g/mol. The minimum Gasteiger partial charge on any atom is -0.355 e. The molecule has 4 heteroatoms. The maximum atomic E-state index is 8.85. The number of pyridine rings is 1. The Bertz CT molecular complexity index is 357. The second-order valence-corrected chi connectivity index (χ2v) is 3.82. The smallest absolute Gasteiger partial charge is 0.128 e. The van der Waals surface area contributed by atoms with E-state index in [9.17, 15) is 0 Å².